The number of ether oxygens (including phenoxy) is 1. The molecule has 1 saturated heterocycles. The molecule has 3 heteroatoms. The first-order chi connectivity index (χ1) is 11.3. The van der Waals surface area contributed by atoms with Gasteiger partial charge in [-0.05, 0) is 43.4 Å². The molecule has 0 bridgehead atoms. The van der Waals surface area contributed by atoms with E-state index in [9.17, 15) is 0 Å². The minimum atomic E-state index is 0.737. The van der Waals surface area contributed by atoms with Gasteiger partial charge in [0.05, 0.1) is 6.61 Å². The molecule has 1 saturated carbocycles. The van der Waals surface area contributed by atoms with Gasteiger partial charge in [-0.15, -0.1) is 0 Å². The summed E-state index contributed by atoms with van der Waals surface area (Å²) >= 11 is 0. The lowest BCUT2D eigenvalue weighted by molar-refractivity contribution is 0.0518. The summed E-state index contributed by atoms with van der Waals surface area (Å²) in [5.74, 6) is 1.87. The average Bonchev–Trinajstić information content (AvgIpc) is 2.58. The van der Waals surface area contributed by atoms with Gasteiger partial charge in [-0.25, -0.2) is 0 Å². The van der Waals surface area contributed by atoms with Crippen LogP contribution in [0.15, 0.2) is 24.3 Å². The summed E-state index contributed by atoms with van der Waals surface area (Å²) < 4.78 is 5.52. The van der Waals surface area contributed by atoms with Gasteiger partial charge in [-0.1, -0.05) is 31.9 Å². The molecule has 1 aromatic rings. The zero-order valence-corrected chi connectivity index (χ0v) is 14.8. The van der Waals surface area contributed by atoms with Crippen LogP contribution in [0, 0.1) is 5.92 Å². The minimum absolute atomic E-state index is 0.737. The Morgan fingerprint density at radius 2 is 1.70 bits per heavy atom. The second kappa shape index (κ2) is 8.16. The lowest BCUT2D eigenvalue weighted by Gasteiger charge is -2.43. The fraction of sp³-hybridized carbons (Fsp3) is 0.700. The number of hydrogen-bond acceptors (Lipinski definition) is 3. The second-order valence-electron chi connectivity index (χ2n) is 7.22. The van der Waals surface area contributed by atoms with E-state index in [4.69, 9.17) is 4.74 Å². The molecule has 0 N–H and O–H groups in total. The lowest BCUT2D eigenvalue weighted by Crippen LogP contribution is -2.52. The Labute approximate surface area is 141 Å². The Bertz CT molecular complexity index is 465. The van der Waals surface area contributed by atoms with Crippen LogP contribution in [0.5, 0.6) is 5.75 Å². The fourth-order valence-corrected chi connectivity index (χ4v) is 4.21. The van der Waals surface area contributed by atoms with Crippen molar-refractivity contribution in [3.63, 3.8) is 0 Å². The molecule has 0 spiro atoms. The molecule has 2 aliphatic rings. The molecule has 3 nitrogen and oxygen atoms in total. The maximum absolute atomic E-state index is 5.52. The van der Waals surface area contributed by atoms with Crippen LogP contribution in [-0.2, 0) is 6.54 Å². The summed E-state index contributed by atoms with van der Waals surface area (Å²) in [5, 5.41) is 0. The summed E-state index contributed by atoms with van der Waals surface area (Å²) in [4.78, 5) is 5.36. The quantitative estimate of drug-likeness (QED) is 0.822. The third-order valence-electron chi connectivity index (χ3n) is 5.58. The summed E-state index contributed by atoms with van der Waals surface area (Å²) in [5.41, 5.74) is 1.40. The largest absolute Gasteiger partial charge is 0.494 e. The van der Waals surface area contributed by atoms with Crippen molar-refractivity contribution in [3.8, 4) is 5.75 Å². The van der Waals surface area contributed by atoms with Crippen LogP contribution in [0.4, 0.5) is 0 Å². The molecule has 0 radical (unpaired) electrons. The Balaban J connectivity index is 1.47. The SMILES string of the molecule is CCOc1ccc(CN2CCN(C3CCCCC3C)CC2)cc1. The van der Waals surface area contributed by atoms with Crippen molar-refractivity contribution in [3.05, 3.63) is 29.8 Å². The smallest absolute Gasteiger partial charge is 0.119 e. The van der Waals surface area contributed by atoms with Gasteiger partial charge < -0.3 is 4.74 Å². The van der Waals surface area contributed by atoms with E-state index < -0.39 is 0 Å². The molecule has 2 unspecified atom stereocenters. The highest BCUT2D eigenvalue weighted by Crippen LogP contribution is 2.28. The molecule has 1 aromatic carbocycles. The average molecular weight is 316 g/mol. The standard InChI is InChI=1S/C20H32N2O/c1-3-23-19-10-8-18(9-11-19)16-21-12-14-22(15-13-21)20-7-5-4-6-17(20)2/h8-11,17,20H,3-7,12-16H2,1-2H3. The molecule has 1 aliphatic carbocycles. The van der Waals surface area contributed by atoms with Gasteiger partial charge in [0.1, 0.15) is 5.75 Å². The first-order valence-electron chi connectivity index (χ1n) is 9.44. The van der Waals surface area contributed by atoms with Crippen LogP contribution in [0.2, 0.25) is 0 Å². The summed E-state index contributed by atoms with van der Waals surface area (Å²) in [6.07, 6.45) is 5.72. The normalized spacial score (nSPS) is 27.0. The molecule has 1 heterocycles. The van der Waals surface area contributed by atoms with Crippen molar-refractivity contribution >= 4 is 0 Å². The maximum atomic E-state index is 5.52. The number of rotatable bonds is 5. The van der Waals surface area contributed by atoms with Gasteiger partial charge >= 0.3 is 0 Å². The van der Waals surface area contributed by atoms with Gasteiger partial charge in [0.25, 0.3) is 0 Å². The van der Waals surface area contributed by atoms with Crippen LogP contribution in [-0.4, -0.2) is 48.6 Å². The van der Waals surface area contributed by atoms with E-state index in [0.717, 1.165) is 30.9 Å². The Morgan fingerprint density at radius 1 is 1.00 bits per heavy atom. The second-order valence-corrected chi connectivity index (χ2v) is 7.22. The lowest BCUT2D eigenvalue weighted by atomic mass is 9.84. The summed E-state index contributed by atoms with van der Waals surface area (Å²) in [6, 6.07) is 9.45. The van der Waals surface area contributed by atoms with E-state index in [1.165, 1.54) is 57.4 Å². The predicted molar refractivity (Wildman–Crippen MR) is 95.9 cm³/mol. The van der Waals surface area contributed by atoms with Gasteiger partial charge in [0.2, 0.25) is 0 Å². The van der Waals surface area contributed by atoms with Crippen LogP contribution in [0.1, 0.15) is 45.1 Å². The van der Waals surface area contributed by atoms with Crippen molar-refractivity contribution in [2.24, 2.45) is 5.92 Å². The van der Waals surface area contributed by atoms with Crippen molar-refractivity contribution in [1.29, 1.82) is 0 Å². The number of benzene rings is 1. The molecule has 1 aliphatic heterocycles. The van der Waals surface area contributed by atoms with E-state index in [1.807, 2.05) is 6.92 Å². The van der Waals surface area contributed by atoms with Crippen LogP contribution >= 0.6 is 0 Å². The van der Waals surface area contributed by atoms with E-state index in [0.29, 0.717) is 0 Å². The van der Waals surface area contributed by atoms with Crippen molar-refractivity contribution < 1.29 is 4.74 Å². The zero-order chi connectivity index (χ0) is 16.1. The zero-order valence-electron chi connectivity index (χ0n) is 14.8. The summed E-state index contributed by atoms with van der Waals surface area (Å²) in [6.45, 7) is 11.2. The molecule has 23 heavy (non-hydrogen) atoms. The van der Waals surface area contributed by atoms with Crippen LogP contribution in [0.25, 0.3) is 0 Å². The van der Waals surface area contributed by atoms with Crippen LogP contribution in [0.3, 0.4) is 0 Å². The van der Waals surface area contributed by atoms with Crippen molar-refractivity contribution in [2.45, 2.75) is 52.1 Å². The van der Waals surface area contributed by atoms with E-state index >= 15 is 0 Å². The van der Waals surface area contributed by atoms with Crippen molar-refractivity contribution in [2.75, 3.05) is 32.8 Å². The van der Waals surface area contributed by atoms with E-state index in [1.54, 1.807) is 0 Å². The minimum Gasteiger partial charge on any atom is -0.494 e. The summed E-state index contributed by atoms with van der Waals surface area (Å²) in [7, 11) is 0. The number of nitrogens with zero attached hydrogens (tertiary/aromatic N) is 2. The molecule has 3 rings (SSSR count). The molecule has 2 fully saturated rings. The van der Waals surface area contributed by atoms with Gasteiger partial charge in [0, 0.05) is 38.8 Å². The first kappa shape index (κ1) is 16.8. The molecule has 128 valence electrons. The first-order valence-corrected chi connectivity index (χ1v) is 9.44. The highest BCUT2D eigenvalue weighted by Gasteiger charge is 2.29. The fourth-order valence-electron chi connectivity index (χ4n) is 4.21. The Hall–Kier alpha value is -1.06. The Kier molecular flexibility index (Phi) is 5.96. The van der Waals surface area contributed by atoms with E-state index in [-0.39, 0.29) is 0 Å². The Morgan fingerprint density at radius 3 is 2.35 bits per heavy atom. The monoisotopic (exact) mass is 316 g/mol. The molecular weight excluding hydrogens is 284 g/mol. The molecule has 0 amide bonds. The highest BCUT2D eigenvalue weighted by molar-refractivity contribution is 5.27. The van der Waals surface area contributed by atoms with Gasteiger partial charge in [-0.2, -0.15) is 0 Å². The van der Waals surface area contributed by atoms with E-state index in [2.05, 4.69) is 41.0 Å². The molecule has 2 atom stereocenters. The molecular formula is C20H32N2O. The topological polar surface area (TPSA) is 15.7 Å². The maximum Gasteiger partial charge on any atom is 0.119 e. The van der Waals surface area contributed by atoms with Gasteiger partial charge in [0.15, 0.2) is 0 Å². The predicted octanol–water partition coefficient (Wildman–Crippen LogP) is 3.78. The van der Waals surface area contributed by atoms with Crippen molar-refractivity contribution in [1.82, 2.24) is 9.80 Å². The third-order valence-corrected chi connectivity index (χ3v) is 5.58. The van der Waals surface area contributed by atoms with Crippen LogP contribution < -0.4 is 4.74 Å². The third kappa shape index (κ3) is 4.48. The number of hydrogen-bond donors (Lipinski definition) is 0. The number of piperazine rings is 1. The molecule has 0 aromatic heterocycles. The van der Waals surface area contributed by atoms with Gasteiger partial charge in [-0.3, -0.25) is 9.80 Å². The highest BCUT2D eigenvalue weighted by atomic mass is 16.5.